The Labute approximate surface area is 153 Å². The Morgan fingerprint density at radius 1 is 1.33 bits per heavy atom. The van der Waals surface area contributed by atoms with Crippen molar-refractivity contribution in [1.82, 2.24) is 14.9 Å². The molecule has 10 nitrogen and oxygen atoms in total. The first-order chi connectivity index (χ1) is 12.8. The Kier molecular flexibility index (Phi) is 4.04. The number of imidazole rings is 1. The molecule has 0 spiro atoms. The van der Waals surface area contributed by atoms with Crippen LogP contribution in [0.3, 0.4) is 0 Å². The third kappa shape index (κ3) is 3.22. The summed E-state index contributed by atoms with van der Waals surface area (Å²) in [6.45, 7) is -2.53. The molecule has 1 aromatic carbocycles. The Morgan fingerprint density at radius 3 is 2.78 bits per heavy atom. The van der Waals surface area contributed by atoms with Crippen LogP contribution >= 0.6 is 0 Å². The molecule has 0 saturated carbocycles. The number of H-pyrrole nitrogens is 1. The maximum atomic E-state index is 12.1. The van der Waals surface area contributed by atoms with Crippen LogP contribution in [0.4, 0.5) is 0 Å². The normalized spacial score (nSPS) is 18.2. The van der Waals surface area contributed by atoms with Crippen molar-refractivity contribution in [3.8, 4) is 11.5 Å². The van der Waals surface area contributed by atoms with Gasteiger partial charge in [-0.05, 0) is 18.1 Å². The third-order valence-electron chi connectivity index (χ3n) is 4.64. The minimum Gasteiger partial charge on any atom is -0.669 e. The molecular formula is C16H17BN3O7-. The van der Waals surface area contributed by atoms with Gasteiger partial charge in [-0.25, -0.2) is 9.78 Å². The molecule has 11 heteroatoms. The third-order valence-corrected chi connectivity index (χ3v) is 4.64. The van der Waals surface area contributed by atoms with Crippen LogP contribution in [0.5, 0.6) is 11.5 Å². The highest BCUT2D eigenvalue weighted by Gasteiger charge is 2.37. The number of aromatic nitrogens is 2. The molecule has 1 aromatic heterocycles. The number of carboxylic acid groups (broad SMARTS) is 1. The van der Waals surface area contributed by atoms with E-state index in [2.05, 4.69) is 9.97 Å². The molecule has 0 radical (unpaired) electrons. The SMILES string of the molecule is O=C(O)c1c(OC2CN(C(=O)c3ncc[nH]3)C2)ccc2c1O[B-](O)(O)CC2. The largest absolute Gasteiger partial charge is 0.669 e. The van der Waals surface area contributed by atoms with Gasteiger partial charge in [-0.1, -0.05) is 12.4 Å². The van der Waals surface area contributed by atoms with E-state index in [0.29, 0.717) is 5.56 Å². The number of fused-ring (bicyclic) bond motifs is 1. The van der Waals surface area contributed by atoms with Crippen LogP contribution in [0.15, 0.2) is 24.5 Å². The number of carboxylic acids is 1. The number of aromatic carboxylic acids is 1. The van der Waals surface area contributed by atoms with Gasteiger partial charge in [0, 0.05) is 12.4 Å². The van der Waals surface area contributed by atoms with E-state index in [9.17, 15) is 24.7 Å². The van der Waals surface area contributed by atoms with Gasteiger partial charge in [0.15, 0.2) is 5.82 Å². The standard InChI is InChI=1S/C16H17BN3O7/c21-15(14-18-5-6-19-14)20-7-10(8-20)26-11-2-1-9-3-4-17(24,25)27-13(9)12(11)16(22)23/h1-2,5-6,10,24-25H,3-4,7-8H2,(H,18,19)(H,22,23)/q-1. The van der Waals surface area contributed by atoms with Crippen molar-refractivity contribution >= 4 is 18.6 Å². The highest BCUT2D eigenvalue weighted by molar-refractivity contribution is 6.59. The predicted molar refractivity (Wildman–Crippen MR) is 91.6 cm³/mol. The van der Waals surface area contributed by atoms with E-state index in [1.807, 2.05) is 0 Å². The summed E-state index contributed by atoms with van der Waals surface area (Å²) < 4.78 is 10.9. The molecule has 0 bridgehead atoms. The lowest BCUT2D eigenvalue weighted by Gasteiger charge is -2.40. The lowest BCUT2D eigenvalue weighted by atomic mass is 9.70. The second-order valence-corrected chi connectivity index (χ2v) is 6.63. The zero-order valence-electron chi connectivity index (χ0n) is 14.2. The van der Waals surface area contributed by atoms with Gasteiger partial charge in [0.25, 0.3) is 5.91 Å². The minimum absolute atomic E-state index is 0.00125. The molecule has 0 atom stereocenters. The van der Waals surface area contributed by atoms with Gasteiger partial charge in [-0.15, -0.1) is 0 Å². The maximum Gasteiger partial charge on any atom is 0.430 e. The van der Waals surface area contributed by atoms with Crippen LogP contribution < -0.4 is 9.39 Å². The molecule has 1 amide bonds. The molecule has 0 unspecified atom stereocenters. The number of aryl methyl sites for hydroxylation is 1. The Morgan fingerprint density at radius 2 is 2.11 bits per heavy atom. The maximum absolute atomic E-state index is 12.1. The van der Waals surface area contributed by atoms with Gasteiger partial charge < -0.3 is 34.4 Å². The van der Waals surface area contributed by atoms with Gasteiger partial charge in [0.05, 0.1) is 18.8 Å². The van der Waals surface area contributed by atoms with Crippen LogP contribution in [0.2, 0.25) is 6.32 Å². The average molecular weight is 374 g/mol. The summed E-state index contributed by atoms with van der Waals surface area (Å²) in [6, 6.07) is 3.17. The van der Waals surface area contributed by atoms with E-state index < -0.39 is 12.7 Å². The fourth-order valence-electron chi connectivity index (χ4n) is 3.22. The molecule has 27 heavy (non-hydrogen) atoms. The van der Waals surface area contributed by atoms with Crippen LogP contribution in [0.1, 0.15) is 26.5 Å². The zero-order chi connectivity index (χ0) is 19.2. The monoisotopic (exact) mass is 374 g/mol. The number of ether oxygens (including phenoxy) is 1. The number of nitrogens with zero attached hydrogens (tertiary/aromatic N) is 2. The van der Waals surface area contributed by atoms with Crippen molar-refractivity contribution in [2.45, 2.75) is 18.8 Å². The Hall–Kier alpha value is -3.05. The molecule has 142 valence electrons. The van der Waals surface area contributed by atoms with Crippen molar-refractivity contribution in [1.29, 1.82) is 0 Å². The number of hydrogen-bond acceptors (Lipinski definition) is 7. The van der Waals surface area contributed by atoms with Crippen LogP contribution in [-0.2, 0) is 6.42 Å². The summed E-state index contributed by atoms with van der Waals surface area (Å²) >= 11 is 0. The average Bonchev–Trinajstić information content (AvgIpc) is 3.10. The van der Waals surface area contributed by atoms with Crippen LogP contribution in [0.25, 0.3) is 0 Å². The van der Waals surface area contributed by atoms with E-state index in [0.717, 1.165) is 0 Å². The molecule has 4 N–H and O–H groups in total. The second-order valence-electron chi connectivity index (χ2n) is 6.63. The summed E-state index contributed by atoms with van der Waals surface area (Å²) in [4.78, 5) is 32.0. The summed E-state index contributed by atoms with van der Waals surface area (Å²) in [5, 5.41) is 29.1. The van der Waals surface area contributed by atoms with Crippen molar-refractivity contribution in [3.63, 3.8) is 0 Å². The highest BCUT2D eigenvalue weighted by atomic mass is 16.6. The number of carbonyl (C=O) groups is 2. The quantitative estimate of drug-likeness (QED) is 0.542. The van der Waals surface area contributed by atoms with E-state index in [4.69, 9.17) is 9.39 Å². The topological polar surface area (TPSA) is 145 Å². The number of hydrogen-bond donors (Lipinski definition) is 4. The number of carbonyl (C=O) groups excluding carboxylic acids is 1. The van der Waals surface area contributed by atoms with E-state index >= 15 is 0 Å². The smallest absolute Gasteiger partial charge is 0.430 e. The summed E-state index contributed by atoms with van der Waals surface area (Å²) in [6.07, 6.45) is 2.94. The minimum atomic E-state index is -3.09. The molecular weight excluding hydrogens is 357 g/mol. The molecule has 4 rings (SSSR count). The zero-order valence-corrected chi connectivity index (χ0v) is 14.2. The first kappa shape index (κ1) is 17.4. The molecule has 2 aliphatic rings. The first-order valence-electron chi connectivity index (χ1n) is 8.48. The van der Waals surface area contributed by atoms with Crippen molar-refractivity contribution < 1.29 is 34.1 Å². The fourth-order valence-corrected chi connectivity index (χ4v) is 3.22. The number of likely N-dealkylation sites (tertiary alicyclic amines) is 1. The lowest BCUT2D eigenvalue weighted by Crippen LogP contribution is -2.56. The number of rotatable bonds is 4. The molecule has 1 fully saturated rings. The van der Waals surface area contributed by atoms with Crippen LogP contribution in [0, 0.1) is 0 Å². The molecule has 1 saturated heterocycles. The van der Waals surface area contributed by atoms with Crippen molar-refractivity contribution in [2.75, 3.05) is 13.1 Å². The summed E-state index contributed by atoms with van der Waals surface area (Å²) in [5.74, 6) is -1.35. The Balaban J connectivity index is 1.50. The van der Waals surface area contributed by atoms with Gasteiger partial charge >= 0.3 is 12.7 Å². The highest BCUT2D eigenvalue weighted by Crippen LogP contribution is 2.38. The van der Waals surface area contributed by atoms with E-state index in [-0.39, 0.29) is 60.7 Å². The number of amides is 1. The molecule has 3 heterocycles. The number of nitrogens with one attached hydrogen (secondary N) is 1. The molecule has 2 aromatic rings. The lowest BCUT2D eigenvalue weighted by molar-refractivity contribution is 0.0160. The fraction of sp³-hybridized carbons (Fsp3) is 0.312. The Bertz CT molecular complexity index is 894. The van der Waals surface area contributed by atoms with Crippen molar-refractivity contribution in [2.24, 2.45) is 0 Å². The van der Waals surface area contributed by atoms with Crippen molar-refractivity contribution in [3.05, 3.63) is 41.5 Å². The summed E-state index contributed by atoms with van der Waals surface area (Å²) in [7, 11) is 0. The number of benzene rings is 1. The van der Waals surface area contributed by atoms with Gasteiger partial charge in [-0.2, -0.15) is 0 Å². The van der Waals surface area contributed by atoms with Gasteiger partial charge in [-0.3, -0.25) is 4.79 Å². The first-order valence-corrected chi connectivity index (χ1v) is 8.48. The van der Waals surface area contributed by atoms with Gasteiger partial charge in [0.2, 0.25) is 0 Å². The predicted octanol–water partition coefficient (Wildman–Crippen LogP) is -0.130. The molecule has 2 aliphatic heterocycles. The summed E-state index contributed by atoms with van der Waals surface area (Å²) in [5.41, 5.74) is 0.320. The number of aromatic amines is 1. The molecule has 0 aliphatic carbocycles. The van der Waals surface area contributed by atoms with Crippen LogP contribution in [-0.4, -0.2) is 67.8 Å². The van der Waals surface area contributed by atoms with E-state index in [1.54, 1.807) is 12.3 Å². The van der Waals surface area contributed by atoms with E-state index in [1.165, 1.54) is 17.2 Å². The van der Waals surface area contributed by atoms with Gasteiger partial charge in [0.1, 0.15) is 17.4 Å². The second kappa shape index (κ2) is 6.29.